The molecule has 1 amide bonds. The molecule has 1 aliphatic carbocycles. The zero-order valence-corrected chi connectivity index (χ0v) is 17.6. The van der Waals surface area contributed by atoms with Crippen LogP contribution in [0.15, 0.2) is 78.9 Å². The van der Waals surface area contributed by atoms with Gasteiger partial charge in [-0.25, -0.2) is 0 Å². The van der Waals surface area contributed by atoms with Crippen LogP contribution >= 0.6 is 23.2 Å². The molecule has 3 nitrogen and oxygen atoms in total. The van der Waals surface area contributed by atoms with Crippen molar-refractivity contribution in [2.45, 2.75) is 18.4 Å². The maximum atomic E-state index is 12.5. The molecule has 30 heavy (non-hydrogen) atoms. The third-order valence-electron chi connectivity index (χ3n) is 5.97. The van der Waals surface area contributed by atoms with Crippen molar-refractivity contribution >= 4 is 40.5 Å². The average molecular weight is 435 g/mol. The summed E-state index contributed by atoms with van der Waals surface area (Å²) in [6, 6.07) is 21.2. The molecule has 0 saturated heterocycles. The first-order valence-electron chi connectivity index (χ1n) is 9.99. The van der Waals surface area contributed by atoms with E-state index in [0.717, 1.165) is 23.4 Å². The molecule has 3 unspecified atom stereocenters. The molecule has 1 aliphatic heterocycles. The Bertz CT molecular complexity index is 1140. The van der Waals surface area contributed by atoms with Gasteiger partial charge in [0.25, 0.3) is 5.91 Å². The summed E-state index contributed by atoms with van der Waals surface area (Å²) in [4.78, 5) is 12.5. The number of hydrogen-bond donors (Lipinski definition) is 2. The van der Waals surface area contributed by atoms with Gasteiger partial charge in [-0.3, -0.25) is 4.79 Å². The van der Waals surface area contributed by atoms with Crippen LogP contribution in [0.4, 0.5) is 11.4 Å². The Balaban J connectivity index is 1.47. The van der Waals surface area contributed by atoms with Gasteiger partial charge in [0.1, 0.15) is 0 Å². The highest BCUT2D eigenvalue weighted by Gasteiger charge is 2.38. The lowest BCUT2D eigenvalue weighted by Crippen LogP contribution is -2.29. The van der Waals surface area contributed by atoms with E-state index in [1.54, 1.807) is 0 Å². The van der Waals surface area contributed by atoms with Gasteiger partial charge < -0.3 is 10.6 Å². The van der Waals surface area contributed by atoms with Crippen LogP contribution in [0.5, 0.6) is 0 Å². The van der Waals surface area contributed by atoms with E-state index >= 15 is 0 Å². The standard InChI is InChI=1S/C25H20Cl2N2O/c26-21-11-5-10-19(23(21)27)24-18-9-4-8-17(18)20-14-16(12-13-22(20)29-24)28-25(30)15-6-2-1-3-7-15/h1-8,10-14,17-18,24,29H,9H2,(H,28,30). The molecule has 0 radical (unpaired) electrons. The highest BCUT2D eigenvalue weighted by molar-refractivity contribution is 6.42. The summed E-state index contributed by atoms with van der Waals surface area (Å²) in [5.74, 6) is 0.491. The number of carbonyl (C=O) groups is 1. The van der Waals surface area contributed by atoms with E-state index in [0.29, 0.717) is 21.5 Å². The van der Waals surface area contributed by atoms with Crippen molar-refractivity contribution in [3.8, 4) is 0 Å². The number of hydrogen-bond acceptors (Lipinski definition) is 2. The Morgan fingerprint density at radius 2 is 1.80 bits per heavy atom. The summed E-state index contributed by atoms with van der Waals surface area (Å²) < 4.78 is 0. The number of fused-ring (bicyclic) bond motifs is 3. The molecule has 1 heterocycles. The van der Waals surface area contributed by atoms with Crippen LogP contribution in [-0.2, 0) is 0 Å². The fourth-order valence-corrected chi connectivity index (χ4v) is 4.96. The molecule has 0 bridgehead atoms. The Morgan fingerprint density at radius 1 is 0.967 bits per heavy atom. The van der Waals surface area contributed by atoms with Gasteiger partial charge in [-0.15, -0.1) is 0 Å². The summed E-state index contributed by atoms with van der Waals surface area (Å²) >= 11 is 12.8. The van der Waals surface area contributed by atoms with Crippen molar-refractivity contribution in [2.75, 3.05) is 10.6 Å². The van der Waals surface area contributed by atoms with Crippen LogP contribution in [0.3, 0.4) is 0 Å². The van der Waals surface area contributed by atoms with E-state index in [1.165, 1.54) is 5.56 Å². The molecule has 0 aromatic heterocycles. The van der Waals surface area contributed by atoms with Gasteiger partial charge in [0.2, 0.25) is 0 Å². The summed E-state index contributed by atoms with van der Waals surface area (Å²) in [5, 5.41) is 7.87. The summed E-state index contributed by atoms with van der Waals surface area (Å²) in [5.41, 5.74) is 4.70. The zero-order valence-electron chi connectivity index (χ0n) is 16.1. The van der Waals surface area contributed by atoms with Crippen LogP contribution in [0.2, 0.25) is 10.0 Å². The molecule has 2 N–H and O–H groups in total. The largest absolute Gasteiger partial charge is 0.378 e. The molecule has 5 rings (SSSR count). The third kappa shape index (κ3) is 3.38. The summed E-state index contributed by atoms with van der Waals surface area (Å²) in [6.45, 7) is 0. The predicted molar refractivity (Wildman–Crippen MR) is 124 cm³/mol. The molecule has 0 fully saturated rings. The van der Waals surface area contributed by atoms with E-state index in [2.05, 4.69) is 28.9 Å². The van der Waals surface area contributed by atoms with Gasteiger partial charge in [-0.1, -0.05) is 65.7 Å². The van der Waals surface area contributed by atoms with Gasteiger partial charge in [-0.2, -0.15) is 0 Å². The van der Waals surface area contributed by atoms with E-state index in [1.807, 2.05) is 60.7 Å². The molecule has 3 aromatic rings. The number of nitrogens with one attached hydrogen (secondary N) is 2. The molecule has 3 atom stereocenters. The Hall–Kier alpha value is -2.75. The molecule has 150 valence electrons. The summed E-state index contributed by atoms with van der Waals surface area (Å²) in [6.07, 6.45) is 5.45. The molecular weight excluding hydrogens is 415 g/mol. The molecule has 5 heteroatoms. The first-order chi connectivity index (χ1) is 14.6. The second-order valence-corrected chi connectivity index (χ2v) is 8.53. The van der Waals surface area contributed by atoms with E-state index in [9.17, 15) is 4.79 Å². The van der Waals surface area contributed by atoms with Gasteiger partial charge in [-0.05, 0) is 59.9 Å². The monoisotopic (exact) mass is 434 g/mol. The third-order valence-corrected chi connectivity index (χ3v) is 6.81. The average Bonchev–Trinajstić information content (AvgIpc) is 3.26. The minimum atomic E-state index is -0.110. The van der Waals surface area contributed by atoms with Crippen molar-refractivity contribution in [1.29, 1.82) is 0 Å². The van der Waals surface area contributed by atoms with Crippen LogP contribution < -0.4 is 10.6 Å². The smallest absolute Gasteiger partial charge is 0.255 e. The lowest BCUT2D eigenvalue weighted by atomic mass is 9.77. The predicted octanol–water partition coefficient (Wildman–Crippen LogP) is 7.07. The number of halogens is 2. The van der Waals surface area contributed by atoms with Gasteiger partial charge >= 0.3 is 0 Å². The maximum absolute atomic E-state index is 12.5. The minimum Gasteiger partial charge on any atom is -0.378 e. The van der Waals surface area contributed by atoms with Crippen LogP contribution in [0.1, 0.15) is 39.9 Å². The van der Waals surface area contributed by atoms with E-state index in [4.69, 9.17) is 23.2 Å². The molecule has 3 aromatic carbocycles. The van der Waals surface area contributed by atoms with Gasteiger partial charge in [0.15, 0.2) is 0 Å². The van der Waals surface area contributed by atoms with Gasteiger partial charge in [0.05, 0.1) is 16.1 Å². The fraction of sp³-hybridized carbons (Fsp3) is 0.160. The second-order valence-electron chi connectivity index (χ2n) is 7.74. The Morgan fingerprint density at radius 3 is 2.63 bits per heavy atom. The lowest BCUT2D eigenvalue weighted by molar-refractivity contribution is 0.102. The normalized spacial score (nSPS) is 21.5. The maximum Gasteiger partial charge on any atom is 0.255 e. The van der Waals surface area contributed by atoms with Gasteiger partial charge in [0, 0.05) is 22.9 Å². The lowest BCUT2D eigenvalue weighted by Gasteiger charge is -2.38. The number of amides is 1. The molecule has 2 aliphatic rings. The molecule has 0 spiro atoms. The SMILES string of the molecule is O=C(Nc1ccc2c(c1)C1C=CCC1C(c1cccc(Cl)c1Cl)N2)c1ccccc1. The first kappa shape index (κ1) is 19.2. The van der Waals surface area contributed by atoms with Crippen LogP contribution in [0, 0.1) is 5.92 Å². The fourth-order valence-electron chi connectivity index (χ4n) is 4.53. The van der Waals surface area contributed by atoms with Crippen molar-refractivity contribution < 1.29 is 4.79 Å². The topological polar surface area (TPSA) is 41.1 Å². The van der Waals surface area contributed by atoms with Crippen molar-refractivity contribution in [2.24, 2.45) is 5.92 Å². The van der Waals surface area contributed by atoms with Crippen molar-refractivity contribution in [3.05, 3.63) is 106 Å². The quantitative estimate of drug-likeness (QED) is 0.432. The highest BCUT2D eigenvalue weighted by Crippen LogP contribution is 2.51. The van der Waals surface area contributed by atoms with Crippen molar-refractivity contribution in [3.63, 3.8) is 0 Å². The van der Waals surface area contributed by atoms with E-state index in [-0.39, 0.29) is 17.9 Å². The Kier molecular flexibility index (Phi) is 5.01. The Labute approximate surface area is 185 Å². The van der Waals surface area contributed by atoms with Crippen molar-refractivity contribution in [1.82, 2.24) is 0 Å². The van der Waals surface area contributed by atoms with Crippen LogP contribution in [-0.4, -0.2) is 5.91 Å². The molecular formula is C25H20Cl2N2O. The van der Waals surface area contributed by atoms with Crippen LogP contribution in [0.25, 0.3) is 0 Å². The highest BCUT2D eigenvalue weighted by atomic mass is 35.5. The number of rotatable bonds is 3. The second kappa shape index (κ2) is 7.82. The number of anilines is 2. The number of allylic oxidation sites excluding steroid dienone is 2. The summed E-state index contributed by atoms with van der Waals surface area (Å²) in [7, 11) is 0. The number of benzene rings is 3. The minimum absolute atomic E-state index is 0.0773. The first-order valence-corrected chi connectivity index (χ1v) is 10.7. The van der Waals surface area contributed by atoms with E-state index < -0.39 is 0 Å². The number of carbonyl (C=O) groups excluding carboxylic acids is 1. The zero-order chi connectivity index (χ0) is 20.7. The molecule has 0 saturated carbocycles.